The van der Waals surface area contributed by atoms with Crippen molar-refractivity contribution in [1.29, 1.82) is 0 Å². The summed E-state index contributed by atoms with van der Waals surface area (Å²) in [4.78, 5) is 12.8. The highest BCUT2D eigenvalue weighted by Crippen LogP contribution is 2.27. The third-order valence-corrected chi connectivity index (χ3v) is 5.79. The van der Waals surface area contributed by atoms with Gasteiger partial charge in [-0.2, -0.15) is 5.10 Å². The van der Waals surface area contributed by atoms with Gasteiger partial charge in [0, 0.05) is 36.0 Å². The maximum absolute atomic E-state index is 14.5. The van der Waals surface area contributed by atoms with Crippen molar-refractivity contribution in [2.75, 3.05) is 5.32 Å². The van der Waals surface area contributed by atoms with E-state index in [2.05, 4.69) is 25.2 Å². The molecule has 7 nitrogen and oxygen atoms in total. The van der Waals surface area contributed by atoms with Crippen molar-refractivity contribution < 1.29 is 9.18 Å². The number of hydrogen-bond donors (Lipinski definition) is 1. The van der Waals surface area contributed by atoms with Gasteiger partial charge in [-0.3, -0.25) is 4.79 Å². The highest BCUT2D eigenvalue weighted by molar-refractivity contribution is 6.04. The average molecular weight is 430 g/mol. The van der Waals surface area contributed by atoms with Gasteiger partial charge >= 0.3 is 0 Å². The van der Waals surface area contributed by atoms with Crippen LogP contribution in [-0.2, 0) is 13.0 Å². The van der Waals surface area contributed by atoms with Crippen LogP contribution in [-0.4, -0.2) is 30.5 Å². The van der Waals surface area contributed by atoms with E-state index in [9.17, 15) is 9.18 Å². The molecule has 162 valence electrons. The number of benzene rings is 2. The van der Waals surface area contributed by atoms with Crippen molar-refractivity contribution >= 4 is 11.6 Å². The molecule has 0 saturated carbocycles. The fourth-order valence-corrected chi connectivity index (χ4v) is 4.05. The Bertz CT molecular complexity index is 1270. The molecule has 0 bridgehead atoms. The first-order valence-electron chi connectivity index (χ1n) is 10.7. The Hall–Kier alpha value is -3.81. The maximum Gasteiger partial charge on any atom is 0.255 e. The van der Waals surface area contributed by atoms with Crippen molar-refractivity contribution in [3.8, 4) is 17.1 Å². The normalized spacial score (nSPS) is 13.4. The first kappa shape index (κ1) is 20.1. The Kier molecular flexibility index (Phi) is 5.26. The van der Waals surface area contributed by atoms with Gasteiger partial charge in [0.1, 0.15) is 11.6 Å². The summed E-state index contributed by atoms with van der Waals surface area (Å²) in [6.45, 7) is 2.80. The van der Waals surface area contributed by atoms with Crippen LogP contribution >= 0.6 is 0 Å². The molecule has 0 saturated heterocycles. The lowest BCUT2D eigenvalue weighted by molar-refractivity contribution is 0.102. The SMILES string of the molecule is Cc1ccnn1-c1ccc(C(=O)Nc2cc(-c3nnc4n3CCCCC4)ccc2F)cc1. The molecule has 0 unspecified atom stereocenters. The van der Waals surface area contributed by atoms with Gasteiger partial charge < -0.3 is 9.88 Å². The van der Waals surface area contributed by atoms with Gasteiger partial charge in [-0.15, -0.1) is 10.2 Å². The van der Waals surface area contributed by atoms with Gasteiger partial charge in [0.05, 0.1) is 11.4 Å². The third kappa shape index (κ3) is 3.79. The summed E-state index contributed by atoms with van der Waals surface area (Å²) in [6.07, 6.45) is 5.94. The van der Waals surface area contributed by atoms with E-state index in [1.807, 2.05) is 25.1 Å². The fourth-order valence-electron chi connectivity index (χ4n) is 4.05. The lowest BCUT2D eigenvalue weighted by atomic mass is 10.1. The van der Waals surface area contributed by atoms with Crippen LogP contribution in [0.15, 0.2) is 54.7 Å². The number of carbonyl (C=O) groups is 1. The van der Waals surface area contributed by atoms with Crippen LogP contribution in [0.5, 0.6) is 0 Å². The van der Waals surface area contributed by atoms with Gasteiger partial charge in [-0.1, -0.05) is 6.42 Å². The zero-order chi connectivity index (χ0) is 22.1. The predicted molar refractivity (Wildman–Crippen MR) is 119 cm³/mol. The molecule has 1 aliphatic heterocycles. The smallest absolute Gasteiger partial charge is 0.255 e. The van der Waals surface area contributed by atoms with Gasteiger partial charge in [0.2, 0.25) is 0 Å². The van der Waals surface area contributed by atoms with Crippen molar-refractivity contribution in [2.24, 2.45) is 0 Å². The first-order valence-corrected chi connectivity index (χ1v) is 10.7. The fraction of sp³-hybridized carbons (Fsp3) is 0.250. The monoisotopic (exact) mass is 430 g/mol. The van der Waals surface area contributed by atoms with Crippen molar-refractivity contribution in [2.45, 2.75) is 39.2 Å². The van der Waals surface area contributed by atoms with Crippen LogP contribution in [0.4, 0.5) is 10.1 Å². The minimum Gasteiger partial charge on any atom is -0.319 e. The summed E-state index contributed by atoms with van der Waals surface area (Å²) in [5.41, 5.74) is 3.12. The molecule has 32 heavy (non-hydrogen) atoms. The molecule has 4 aromatic rings. The van der Waals surface area contributed by atoms with Crippen LogP contribution in [0.3, 0.4) is 0 Å². The lowest BCUT2D eigenvalue weighted by Crippen LogP contribution is -2.13. The molecule has 1 amide bonds. The molecule has 2 aromatic heterocycles. The summed E-state index contributed by atoms with van der Waals surface area (Å²) < 4.78 is 18.4. The van der Waals surface area contributed by atoms with Crippen molar-refractivity contribution in [3.63, 3.8) is 0 Å². The lowest BCUT2D eigenvalue weighted by Gasteiger charge is -2.11. The van der Waals surface area contributed by atoms with Gasteiger partial charge in [-0.05, 0) is 68.3 Å². The molecule has 0 aliphatic carbocycles. The Morgan fingerprint density at radius 3 is 2.66 bits per heavy atom. The van der Waals surface area contributed by atoms with Gasteiger partial charge in [0.25, 0.3) is 5.91 Å². The van der Waals surface area contributed by atoms with Gasteiger partial charge in [-0.25, -0.2) is 9.07 Å². The number of nitrogens with one attached hydrogen (secondary N) is 1. The molecule has 5 rings (SSSR count). The van der Waals surface area contributed by atoms with Gasteiger partial charge in [0.15, 0.2) is 5.82 Å². The quantitative estimate of drug-likeness (QED) is 0.515. The van der Waals surface area contributed by atoms with E-state index in [-0.39, 0.29) is 11.6 Å². The number of amides is 1. The molecule has 0 spiro atoms. The van der Waals surface area contributed by atoms with Crippen LogP contribution < -0.4 is 5.32 Å². The summed E-state index contributed by atoms with van der Waals surface area (Å²) >= 11 is 0. The molecule has 3 heterocycles. The Labute approximate surface area is 184 Å². The van der Waals surface area contributed by atoms with Crippen LogP contribution in [0.2, 0.25) is 0 Å². The average Bonchev–Trinajstić information content (AvgIpc) is 3.34. The highest BCUT2D eigenvalue weighted by atomic mass is 19.1. The summed E-state index contributed by atoms with van der Waals surface area (Å²) in [5, 5.41) is 15.6. The summed E-state index contributed by atoms with van der Waals surface area (Å²) in [6, 6.07) is 13.6. The number of carbonyl (C=O) groups excluding carboxylic acids is 1. The van der Waals surface area contributed by atoms with E-state index in [0.717, 1.165) is 55.0 Å². The molecule has 0 fully saturated rings. The number of nitrogens with zero attached hydrogens (tertiary/aromatic N) is 5. The van der Waals surface area contributed by atoms with Crippen molar-refractivity contribution in [3.05, 3.63) is 77.6 Å². The molecule has 1 aliphatic rings. The summed E-state index contributed by atoms with van der Waals surface area (Å²) in [7, 11) is 0. The minimum atomic E-state index is -0.499. The second-order valence-corrected chi connectivity index (χ2v) is 7.98. The summed E-state index contributed by atoms with van der Waals surface area (Å²) in [5.74, 6) is 0.780. The Morgan fingerprint density at radius 2 is 1.88 bits per heavy atom. The molecular weight excluding hydrogens is 407 g/mol. The highest BCUT2D eigenvalue weighted by Gasteiger charge is 2.18. The maximum atomic E-state index is 14.5. The standard InChI is InChI=1S/C24H23FN6O/c1-16-12-13-26-31(16)19-9-6-17(7-10-19)24(32)27-21-15-18(8-11-20(21)25)23-29-28-22-5-3-2-4-14-30(22)23/h6-13,15H,2-5,14H2,1H3,(H,27,32). The number of halogens is 1. The Morgan fingerprint density at radius 1 is 1.03 bits per heavy atom. The first-order chi connectivity index (χ1) is 15.6. The molecule has 8 heteroatoms. The number of fused-ring (bicyclic) bond motifs is 1. The topological polar surface area (TPSA) is 77.6 Å². The van der Waals surface area contributed by atoms with E-state index in [1.165, 1.54) is 6.07 Å². The van der Waals surface area contributed by atoms with Crippen LogP contribution in [0.25, 0.3) is 17.1 Å². The molecular formula is C24H23FN6O. The van der Waals surface area contributed by atoms with Crippen LogP contribution in [0.1, 0.15) is 41.1 Å². The minimum absolute atomic E-state index is 0.116. The zero-order valence-corrected chi connectivity index (χ0v) is 17.8. The van der Waals surface area contributed by atoms with E-state index in [0.29, 0.717) is 11.4 Å². The number of rotatable bonds is 4. The molecule has 0 atom stereocenters. The molecule has 2 aromatic carbocycles. The number of hydrogen-bond acceptors (Lipinski definition) is 4. The third-order valence-electron chi connectivity index (χ3n) is 5.79. The van der Waals surface area contributed by atoms with E-state index < -0.39 is 5.82 Å². The largest absolute Gasteiger partial charge is 0.319 e. The number of aromatic nitrogens is 5. The van der Waals surface area contributed by atoms with E-state index in [4.69, 9.17) is 0 Å². The second-order valence-electron chi connectivity index (χ2n) is 7.98. The van der Waals surface area contributed by atoms with E-state index in [1.54, 1.807) is 35.1 Å². The molecule has 0 radical (unpaired) electrons. The second kappa shape index (κ2) is 8.37. The van der Waals surface area contributed by atoms with Crippen molar-refractivity contribution in [1.82, 2.24) is 24.5 Å². The van der Waals surface area contributed by atoms with Crippen LogP contribution in [0, 0.1) is 12.7 Å². The molecule has 1 N–H and O–H groups in total. The zero-order valence-electron chi connectivity index (χ0n) is 17.8. The predicted octanol–water partition coefficient (Wildman–Crippen LogP) is 4.56. The Balaban J connectivity index is 1.38. The van der Waals surface area contributed by atoms with E-state index >= 15 is 0 Å². The number of anilines is 1. The number of aryl methyl sites for hydroxylation is 2.